The zero-order valence-electron chi connectivity index (χ0n) is 25.3. The smallest absolute Gasteiger partial charge is 0.247 e. The number of aromatic nitrogens is 3. The predicted octanol–water partition coefficient (Wildman–Crippen LogP) is 4.24. The number of carbonyl (C=O) groups excluding carboxylic acids is 2. The van der Waals surface area contributed by atoms with E-state index >= 15 is 0 Å². The van der Waals surface area contributed by atoms with Crippen LogP contribution in [0.5, 0.6) is 5.75 Å². The lowest BCUT2D eigenvalue weighted by molar-refractivity contribution is -0.140. The molecule has 11 heteroatoms. The van der Waals surface area contributed by atoms with E-state index in [1.54, 1.807) is 13.3 Å². The van der Waals surface area contributed by atoms with Crippen molar-refractivity contribution in [2.75, 3.05) is 63.4 Å². The molecule has 3 heterocycles. The van der Waals surface area contributed by atoms with Crippen molar-refractivity contribution in [3.8, 4) is 17.0 Å². The van der Waals surface area contributed by atoms with E-state index in [1.165, 1.54) is 6.08 Å². The van der Waals surface area contributed by atoms with Crippen LogP contribution in [0.15, 0.2) is 61.3 Å². The third-order valence-electron chi connectivity index (χ3n) is 7.73. The van der Waals surface area contributed by atoms with Gasteiger partial charge in [-0.25, -0.2) is 9.97 Å². The number of aryl methyl sites for hydroxylation is 1. The highest BCUT2D eigenvalue weighted by Crippen LogP contribution is 2.39. The van der Waals surface area contributed by atoms with Gasteiger partial charge in [0.2, 0.25) is 17.8 Å². The van der Waals surface area contributed by atoms with Crippen molar-refractivity contribution >= 4 is 45.7 Å². The highest BCUT2D eigenvalue weighted by molar-refractivity contribution is 6.02. The van der Waals surface area contributed by atoms with Crippen molar-refractivity contribution < 1.29 is 14.3 Å². The first-order chi connectivity index (χ1) is 20.7. The molecule has 4 aromatic rings. The molecule has 1 aliphatic rings. The number of fused-ring (bicyclic) bond motifs is 1. The third kappa shape index (κ3) is 6.17. The fraction of sp³-hybridized carbons (Fsp3) is 0.312. The maximum absolute atomic E-state index is 12.4. The molecule has 0 unspecified atom stereocenters. The van der Waals surface area contributed by atoms with E-state index in [0.29, 0.717) is 36.0 Å². The molecule has 2 aromatic heterocycles. The summed E-state index contributed by atoms with van der Waals surface area (Å²) >= 11 is 0. The maximum atomic E-state index is 12.4. The van der Waals surface area contributed by atoms with Crippen LogP contribution in [0.25, 0.3) is 22.2 Å². The van der Waals surface area contributed by atoms with Gasteiger partial charge in [-0.2, -0.15) is 0 Å². The molecule has 0 radical (unpaired) electrons. The SMILES string of the molecule is C=CC(=O)Nc1cc(Nc2nccc(-c3c(CN4CCC4=O)n(C)c4ccccc34)n2)c(OC)cc1N(C)CCN(C)C. The molecule has 224 valence electrons. The van der Waals surface area contributed by atoms with Gasteiger partial charge < -0.3 is 34.6 Å². The number of anilines is 4. The van der Waals surface area contributed by atoms with E-state index in [4.69, 9.17) is 9.72 Å². The molecule has 2 N–H and O–H groups in total. The Morgan fingerprint density at radius 1 is 1.14 bits per heavy atom. The molecule has 0 aliphatic carbocycles. The number of nitrogens with zero attached hydrogens (tertiary/aromatic N) is 6. The van der Waals surface area contributed by atoms with Crippen molar-refractivity contribution in [1.29, 1.82) is 0 Å². The standard InChI is InChI=1S/C32H38N8O3/c1-7-29(41)34-23-18-24(28(43-6)19-26(23)38(4)17-16-37(2)3)36-32-33-14-12-22(35-32)31-21-10-8-9-11-25(21)39(5)27(31)20-40-15-13-30(40)42/h7-12,14,18-19H,1,13,15-17,20H2,2-6H3,(H,34,41)(H,33,35,36). The lowest BCUT2D eigenvalue weighted by Gasteiger charge is -2.31. The fourth-order valence-electron chi connectivity index (χ4n) is 5.21. The van der Waals surface area contributed by atoms with Crippen LogP contribution in [0, 0.1) is 0 Å². The Morgan fingerprint density at radius 2 is 1.93 bits per heavy atom. The minimum Gasteiger partial charge on any atom is -0.494 e. The average Bonchev–Trinajstić information content (AvgIpc) is 3.29. The quantitative estimate of drug-likeness (QED) is 0.189. The predicted molar refractivity (Wildman–Crippen MR) is 171 cm³/mol. The zero-order valence-corrected chi connectivity index (χ0v) is 25.3. The van der Waals surface area contributed by atoms with E-state index in [0.717, 1.165) is 53.2 Å². The first kappa shape index (κ1) is 29.6. The van der Waals surface area contributed by atoms with E-state index in [2.05, 4.69) is 48.7 Å². The number of benzene rings is 2. The zero-order chi connectivity index (χ0) is 30.7. The minimum absolute atomic E-state index is 0.156. The van der Waals surface area contributed by atoms with Gasteiger partial charge in [-0.3, -0.25) is 9.59 Å². The summed E-state index contributed by atoms with van der Waals surface area (Å²) < 4.78 is 7.89. The Labute approximate surface area is 251 Å². The van der Waals surface area contributed by atoms with Gasteiger partial charge in [0.1, 0.15) is 5.75 Å². The van der Waals surface area contributed by atoms with Gasteiger partial charge in [-0.05, 0) is 38.4 Å². The molecule has 1 fully saturated rings. The molecule has 0 bridgehead atoms. The largest absolute Gasteiger partial charge is 0.494 e. The average molecular weight is 583 g/mol. The van der Waals surface area contributed by atoms with Crippen molar-refractivity contribution in [2.24, 2.45) is 7.05 Å². The van der Waals surface area contributed by atoms with Crippen LogP contribution in [0.2, 0.25) is 0 Å². The first-order valence-electron chi connectivity index (χ1n) is 14.2. The second-order valence-corrected chi connectivity index (χ2v) is 10.8. The number of para-hydroxylation sites is 1. The van der Waals surface area contributed by atoms with Gasteiger partial charge in [0, 0.05) is 74.6 Å². The number of hydrogen-bond donors (Lipinski definition) is 2. The summed E-state index contributed by atoms with van der Waals surface area (Å²) in [6.07, 6.45) is 3.53. The van der Waals surface area contributed by atoms with Crippen molar-refractivity contribution in [2.45, 2.75) is 13.0 Å². The number of likely N-dealkylation sites (N-methyl/N-ethyl adjacent to an activating group) is 2. The molecule has 2 aromatic carbocycles. The molecule has 1 saturated heterocycles. The van der Waals surface area contributed by atoms with Gasteiger partial charge in [0.25, 0.3) is 0 Å². The second-order valence-electron chi connectivity index (χ2n) is 10.8. The number of β-lactam (4-membered cyclic amide) rings is 1. The van der Waals surface area contributed by atoms with E-state index in [-0.39, 0.29) is 11.8 Å². The Balaban J connectivity index is 1.53. The van der Waals surface area contributed by atoms with Crippen LogP contribution < -0.4 is 20.3 Å². The number of amides is 2. The minimum atomic E-state index is -0.319. The molecular formula is C32H38N8O3. The maximum Gasteiger partial charge on any atom is 0.247 e. The highest BCUT2D eigenvalue weighted by atomic mass is 16.5. The monoisotopic (exact) mass is 582 g/mol. The molecule has 0 spiro atoms. The van der Waals surface area contributed by atoms with E-state index in [9.17, 15) is 9.59 Å². The number of nitrogens with one attached hydrogen (secondary N) is 2. The summed E-state index contributed by atoms with van der Waals surface area (Å²) in [6.45, 7) is 6.43. The summed E-state index contributed by atoms with van der Waals surface area (Å²) in [4.78, 5) is 40.0. The van der Waals surface area contributed by atoms with Crippen LogP contribution in [-0.4, -0.2) is 84.0 Å². The fourth-order valence-corrected chi connectivity index (χ4v) is 5.21. The third-order valence-corrected chi connectivity index (χ3v) is 7.73. The number of hydrogen-bond acceptors (Lipinski definition) is 8. The van der Waals surface area contributed by atoms with Crippen molar-refractivity contribution in [3.05, 3.63) is 67.0 Å². The second kappa shape index (κ2) is 12.5. The summed E-state index contributed by atoms with van der Waals surface area (Å²) in [5.41, 5.74) is 5.76. The van der Waals surface area contributed by atoms with Crippen LogP contribution >= 0.6 is 0 Å². The van der Waals surface area contributed by atoms with Crippen LogP contribution in [0.1, 0.15) is 12.1 Å². The van der Waals surface area contributed by atoms with Crippen LogP contribution in [-0.2, 0) is 23.2 Å². The number of rotatable bonds is 12. The number of likely N-dealkylation sites (tertiary alicyclic amines) is 1. The van der Waals surface area contributed by atoms with E-state index < -0.39 is 0 Å². The molecule has 0 atom stereocenters. The van der Waals surface area contributed by atoms with Crippen molar-refractivity contribution in [3.63, 3.8) is 0 Å². The number of methoxy groups -OCH3 is 1. The topological polar surface area (TPSA) is 108 Å². The first-order valence-corrected chi connectivity index (χ1v) is 14.2. The number of ether oxygens (including phenoxy) is 1. The summed E-state index contributed by atoms with van der Waals surface area (Å²) in [5.74, 6) is 0.771. The van der Waals surface area contributed by atoms with Gasteiger partial charge in [0.15, 0.2) is 0 Å². The lowest BCUT2D eigenvalue weighted by Crippen LogP contribution is -2.42. The normalized spacial score (nSPS) is 12.8. The Bertz CT molecular complexity index is 1680. The Morgan fingerprint density at radius 3 is 2.60 bits per heavy atom. The molecule has 5 rings (SSSR count). The highest BCUT2D eigenvalue weighted by Gasteiger charge is 2.27. The molecule has 0 saturated carbocycles. The van der Waals surface area contributed by atoms with E-state index in [1.807, 2.05) is 63.4 Å². The number of carbonyl (C=O) groups is 2. The van der Waals surface area contributed by atoms with Gasteiger partial charge >= 0.3 is 0 Å². The lowest BCUT2D eigenvalue weighted by atomic mass is 10.1. The van der Waals surface area contributed by atoms with Crippen LogP contribution in [0.4, 0.5) is 23.0 Å². The van der Waals surface area contributed by atoms with Crippen molar-refractivity contribution in [1.82, 2.24) is 24.3 Å². The molecule has 11 nitrogen and oxygen atoms in total. The van der Waals surface area contributed by atoms with Gasteiger partial charge in [-0.1, -0.05) is 24.8 Å². The summed E-state index contributed by atoms with van der Waals surface area (Å²) in [6, 6.07) is 13.7. The molecule has 1 aliphatic heterocycles. The van der Waals surface area contributed by atoms with Gasteiger partial charge in [-0.15, -0.1) is 0 Å². The summed E-state index contributed by atoms with van der Waals surface area (Å²) in [5, 5.41) is 7.28. The summed E-state index contributed by atoms with van der Waals surface area (Å²) in [7, 11) is 9.62. The van der Waals surface area contributed by atoms with Gasteiger partial charge in [0.05, 0.1) is 36.4 Å². The molecular weight excluding hydrogens is 544 g/mol. The Hall–Kier alpha value is -4.90. The van der Waals surface area contributed by atoms with Crippen LogP contribution in [0.3, 0.4) is 0 Å². The molecule has 43 heavy (non-hydrogen) atoms. The molecule has 2 amide bonds. The Kier molecular flexibility index (Phi) is 8.63.